The van der Waals surface area contributed by atoms with E-state index in [1.54, 1.807) is 11.1 Å². The van der Waals surface area contributed by atoms with Gasteiger partial charge in [0, 0.05) is 31.7 Å². The van der Waals surface area contributed by atoms with Gasteiger partial charge in [0.25, 0.3) is 0 Å². The third-order valence-corrected chi connectivity index (χ3v) is 4.20. The Balaban J connectivity index is 1.74. The molecule has 2 aliphatic rings. The summed E-state index contributed by atoms with van der Waals surface area (Å²) in [6.45, 7) is 5.83. The monoisotopic (exact) mass is 230 g/mol. The van der Waals surface area contributed by atoms with Crippen molar-refractivity contribution in [2.24, 2.45) is 0 Å². The van der Waals surface area contributed by atoms with Crippen LogP contribution in [0.15, 0.2) is 24.3 Å². The Hall–Kier alpha value is -0.860. The van der Waals surface area contributed by atoms with E-state index in [0.717, 1.165) is 12.6 Å². The average Bonchev–Trinajstić information content (AvgIpc) is 2.36. The van der Waals surface area contributed by atoms with Gasteiger partial charge in [-0.3, -0.25) is 4.90 Å². The van der Waals surface area contributed by atoms with Crippen LogP contribution in [0.2, 0.25) is 0 Å². The fraction of sp³-hybridized carbons (Fsp3) is 0.600. The van der Waals surface area contributed by atoms with E-state index in [1.165, 1.54) is 32.4 Å². The number of benzene rings is 1. The smallest absolute Gasteiger partial charge is 0.0265 e. The summed E-state index contributed by atoms with van der Waals surface area (Å²) in [6, 6.07) is 10.4. The highest BCUT2D eigenvalue weighted by atomic mass is 15.2. The van der Waals surface area contributed by atoms with Crippen LogP contribution in [0, 0.1) is 0 Å². The first kappa shape index (κ1) is 11.2. The zero-order chi connectivity index (χ0) is 11.7. The highest BCUT2D eigenvalue weighted by Crippen LogP contribution is 2.25. The minimum atomic E-state index is 0.710. The second-order valence-electron chi connectivity index (χ2n) is 5.45. The molecule has 0 bridgehead atoms. The fourth-order valence-corrected chi connectivity index (χ4v) is 3.25. The molecule has 0 spiro atoms. The summed E-state index contributed by atoms with van der Waals surface area (Å²) < 4.78 is 0. The van der Waals surface area contributed by atoms with Crippen LogP contribution in [0.25, 0.3) is 0 Å². The van der Waals surface area contributed by atoms with Crippen LogP contribution in [0.4, 0.5) is 0 Å². The summed E-state index contributed by atoms with van der Waals surface area (Å²) in [5, 5.41) is 3.71. The fourth-order valence-electron chi connectivity index (χ4n) is 3.25. The lowest BCUT2D eigenvalue weighted by Gasteiger charge is -2.43. The highest BCUT2D eigenvalue weighted by molar-refractivity contribution is 5.30. The maximum Gasteiger partial charge on any atom is 0.0265 e. The van der Waals surface area contributed by atoms with Gasteiger partial charge in [-0.15, -0.1) is 0 Å². The molecule has 92 valence electrons. The number of hydrogen-bond donors (Lipinski definition) is 1. The van der Waals surface area contributed by atoms with Crippen molar-refractivity contribution < 1.29 is 0 Å². The van der Waals surface area contributed by atoms with E-state index < -0.39 is 0 Å². The first-order chi connectivity index (χ1) is 8.36. The third-order valence-electron chi connectivity index (χ3n) is 4.20. The molecular formula is C15H22N2. The summed E-state index contributed by atoms with van der Waals surface area (Å²) in [6.07, 6.45) is 3.82. The minimum Gasteiger partial charge on any atom is -0.311 e. The predicted molar refractivity (Wildman–Crippen MR) is 71.0 cm³/mol. The normalized spacial score (nSPS) is 28.5. The van der Waals surface area contributed by atoms with Crippen LogP contribution in [0.5, 0.6) is 0 Å². The van der Waals surface area contributed by atoms with Crippen molar-refractivity contribution >= 4 is 0 Å². The highest BCUT2D eigenvalue weighted by Gasteiger charge is 2.31. The van der Waals surface area contributed by atoms with E-state index in [0.29, 0.717) is 6.04 Å². The number of nitrogens with zero attached hydrogens (tertiary/aromatic N) is 1. The lowest BCUT2D eigenvalue weighted by molar-refractivity contribution is 0.108. The molecule has 2 aliphatic heterocycles. The molecule has 1 saturated heterocycles. The van der Waals surface area contributed by atoms with Gasteiger partial charge in [0.2, 0.25) is 0 Å². The maximum atomic E-state index is 3.71. The van der Waals surface area contributed by atoms with Crippen molar-refractivity contribution in [1.82, 2.24) is 10.2 Å². The van der Waals surface area contributed by atoms with Crippen LogP contribution < -0.4 is 5.32 Å². The Morgan fingerprint density at radius 1 is 1.29 bits per heavy atom. The van der Waals surface area contributed by atoms with E-state index in [-0.39, 0.29) is 0 Å². The number of rotatable bonds is 2. The van der Waals surface area contributed by atoms with Crippen LogP contribution in [0.3, 0.4) is 0 Å². The molecule has 1 fully saturated rings. The predicted octanol–water partition coefficient (Wildman–Crippen LogP) is 2.19. The number of piperazine rings is 1. The van der Waals surface area contributed by atoms with Gasteiger partial charge in [-0.25, -0.2) is 0 Å². The molecule has 2 heterocycles. The van der Waals surface area contributed by atoms with Gasteiger partial charge < -0.3 is 5.32 Å². The molecule has 0 amide bonds. The Labute approximate surface area is 104 Å². The van der Waals surface area contributed by atoms with Crippen LogP contribution in [0.1, 0.15) is 30.9 Å². The van der Waals surface area contributed by atoms with Crippen molar-refractivity contribution in [2.45, 2.75) is 44.8 Å². The van der Waals surface area contributed by atoms with Crippen molar-refractivity contribution in [3.8, 4) is 0 Å². The van der Waals surface area contributed by atoms with E-state index in [4.69, 9.17) is 0 Å². The second-order valence-corrected chi connectivity index (χ2v) is 5.45. The molecule has 0 saturated carbocycles. The number of fused-ring (bicyclic) bond motifs is 2. The van der Waals surface area contributed by atoms with Gasteiger partial charge in [-0.2, -0.15) is 0 Å². The zero-order valence-corrected chi connectivity index (χ0v) is 10.7. The average molecular weight is 230 g/mol. The Morgan fingerprint density at radius 2 is 2.12 bits per heavy atom. The molecule has 0 aromatic heterocycles. The number of nitrogens with one attached hydrogen (secondary N) is 1. The summed E-state index contributed by atoms with van der Waals surface area (Å²) in [7, 11) is 0. The topological polar surface area (TPSA) is 15.3 Å². The van der Waals surface area contributed by atoms with Gasteiger partial charge in [0.05, 0.1) is 0 Å². The van der Waals surface area contributed by atoms with Gasteiger partial charge in [-0.05, 0) is 24.0 Å². The molecule has 17 heavy (non-hydrogen) atoms. The molecule has 1 aromatic carbocycles. The summed E-state index contributed by atoms with van der Waals surface area (Å²) in [4.78, 5) is 2.68. The largest absolute Gasteiger partial charge is 0.311 e. The molecule has 3 rings (SSSR count). The second kappa shape index (κ2) is 4.79. The van der Waals surface area contributed by atoms with E-state index >= 15 is 0 Å². The Morgan fingerprint density at radius 3 is 2.94 bits per heavy atom. The zero-order valence-electron chi connectivity index (χ0n) is 10.7. The molecule has 1 N–H and O–H groups in total. The van der Waals surface area contributed by atoms with Crippen molar-refractivity contribution in [2.75, 3.05) is 13.1 Å². The number of hydrogen-bond acceptors (Lipinski definition) is 2. The lowest BCUT2D eigenvalue weighted by atomic mass is 9.91. The molecule has 0 unspecified atom stereocenters. The van der Waals surface area contributed by atoms with E-state index in [1.807, 2.05) is 0 Å². The first-order valence-corrected chi connectivity index (χ1v) is 6.91. The van der Waals surface area contributed by atoms with Gasteiger partial charge in [0.15, 0.2) is 0 Å². The molecule has 2 heteroatoms. The Bertz CT molecular complexity index is 388. The van der Waals surface area contributed by atoms with Crippen LogP contribution in [-0.4, -0.2) is 30.1 Å². The van der Waals surface area contributed by atoms with Gasteiger partial charge >= 0.3 is 0 Å². The van der Waals surface area contributed by atoms with Crippen molar-refractivity contribution in [3.63, 3.8) is 0 Å². The summed E-state index contributed by atoms with van der Waals surface area (Å²) in [5.41, 5.74) is 3.10. The molecule has 2 nitrogen and oxygen atoms in total. The minimum absolute atomic E-state index is 0.710. The first-order valence-electron chi connectivity index (χ1n) is 6.91. The van der Waals surface area contributed by atoms with Crippen molar-refractivity contribution in [1.29, 1.82) is 0 Å². The summed E-state index contributed by atoms with van der Waals surface area (Å²) >= 11 is 0. The molecule has 0 aliphatic carbocycles. The SMILES string of the molecule is CCC[C@H]1CN2Cc3ccccc3C[C@H]2CN1. The van der Waals surface area contributed by atoms with Crippen LogP contribution >= 0.6 is 0 Å². The Kier molecular flexibility index (Phi) is 3.17. The third kappa shape index (κ3) is 2.24. The lowest BCUT2D eigenvalue weighted by Crippen LogP contribution is -2.58. The molecule has 0 radical (unpaired) electrons. The van der Waals surface area contributed by atoms with Crippen molar-refractivity contribution in [3.05, 3.63) is 35.4 Å². The van der Waals surface area contributed by atoms with Crippen LogP contribution in [-0.2, 0) is 13.0 Å². The van der Waals surface area contributed by atoms with Gasteiger partial charge in [0.1, 0.15) is 0 Å². The summed E-state index contributed by atoms with van der Waals surface area (Å²) in [5.74, 6) is 0. The van der Waals surface area contributed by atoms with E-state index in [9.17, 15) is 0 Å². The molecule has 2 atom stereocenters. The molecule has 1 aromatic rings. The standard InChI is InChI=1S/C15H22N2/c1-2-5-14-11-17-10-13-7-4-3-6-12(13)8-15(17)9-16-14/h3-4,6-7,14-16H,2,5,8-11H2,1H3/t14-,15-/m0/s1. The quantitative estimate of drug-likeness (QED) is 0.838. The van der Waals surface area contributed by atoms with E-state index in [2.05, 4.69) is 41.4 Å². The molecular weight excluding hydrogens is 208 g/mol. The maximum absolute atomic E-state index is 3.71. The van der Waals surface area contributed by atoms with Gasteiger partial charge in [-0.1, -0.05) is 37.6 Å².